The molecule has 0 radical (unpaired) electrons. The number of hydrogen-bond acceptors (Lipinski definition) is 0. The molecule has 0 saturated carbocycles. The fourth-order valence-corrected chi connectivity index (χ4v) is 0.582. The molecule has 0 saturated heterocycles. The minimum Gasteiger partial charge on any atom is -0.0991 e. The lowest BCUT2D eigenvalue weighted by molar-refractivity contribution is 1.60. The highest BCUT2D eigenvalue weighted by atomic mass is 13.9. The number of allylic oxidation sites excluding steroid dienone is 8. The Morgan fingerprint density at radius 2 is 1.08 bits per heavy atom. The molecule has 0 heterocycles. The van der Waals surface area contributed by atoms with Crippen molar-refractivity contribution in [2.24, 2.45) is 0 Å². The average Bonchev–Trinajstić information content (AvgIpc) is 2.10. The first-order valence-corrected chi connectivity index (χ1v) is 3.68. The maximum absolute atomic E-state index is 3.83. The molecule has 0 aromatic rings. The van der Waals surface area contributed by atoms with Gasteiger partial charge in [0.1, 0.15) is 0 Å². The van der Waals surface area contributed by atoms with Gasteiger partial charge in [-0.25, -0.2) is 0 Å². The van der Waals surface area contributed by atoms with Gasteiger partial charge in [-0.05, 0) is 11.1 Å². The van der Waals surface area contributed by atoms with Crippen molar-refractivity contribution in [3.63, 3.8) is 0 Å². The minimum atomic E-state index is 0.882. The van der Waals surface area contributed by atoms with Crippen LogP contribution in [-0.2, 0) is 0 Å². The van der Waals surface area contributed by atoms with Crippen molar-refractivity contribution in [1.29, 1.82) is 0 Å². The Morgan fingerprint density at radius 3 is 1.33 bits per heavy atom. The lowest BCUT2D eigenvalue weighted by Crippen LogP contribution is -1.76. The molecule has 0 aliphatic rings. The summed E-state index contributed by atoms with van der Waals surface area (Å²) >= 11 is 0. The highest BCUT2D eigenvalue weighted by molar-refractivity contribution is 5.43. The quantitative estimate of drug-likeness (QED) is 0.536. The summed E-state index contributed by atoms with van der Waals surface area (Å²) in [4.78, 5) is 0. The van der Waals surface area contributed by atoms with Crippen LogP contribution in [0.25, 0.3) is 0 Å². The molecule has 0 bridgehead atoms. The lowest BCUT2D eigenvalue weighted by Gasteiger charge is -1.96. The number of rotatable bonds is 5. The van der Waals surface area contributed by atoms with Gasteiger partial charge in [-0.1, -0.05) is 62.8 Å². The summed E-state index contributed by atoms with van der Waals surface area (Å²) in [6, 6.07) is 0. The Kier molecular flexibility index (Phi) is 5.37. The van der Waals surface area contributed by atoms with Crippen LogP contribution in [0.2, 0.25) is 0 Å². The van der Waals surface area contributed by atoms with Crippen molar-refractivity contribution in [2.45, 2.75) is 0 Å². The van der Waals surface area contributed by atoms with Gasteiger partial charge in [0.2, 0.25) is 0 Å². The monoisotopic (exact) mass is 158 g/mol. The highest BCUT2D eigenvalue weighted by Gasteiger charge is 1.88. The summed E-state index contributed by atoms with van der Waals surface area (Å²) < 4.78 is 0. The standard InChI is InChI=1S/C12H14/c1-5-7-9-11(3)12(4)10-8-6-2/h5-10H,1-4H2. The van der Waals surface area contributed by atoms with Gasteiger partial charge in [0.05, 0.1) is 0 Å². The van der Waals surface area contributed by atoms with E-state index in [-0.39, 0.29) is 0 Å². The van der Waals surface area contributed by atoms with Crippen LogP contribution in [0, 0.1) is 0 Å². The zero-order valence-corrected chi connectivity index (χ0v) is 7.29. The molecular formula is C12H14. The van der Waals surface area contributed by atoms with Gasteiger partial charge in [-0.15, -0.1) is 0 Å². The zero-order chi connectivity index (χ0) is 9.40. The lowest BCUT2D eigenvalue weighted by atomic mass is 10.1. The Morgan fingerprint density at radius 1 is 0.750 bits per heavy atom. The Labute approximate surface area is 74.6 Å². The predicted molar refractivity (Wildman–Crippen MR) is 57.0 cm³/mol. The summed E-state index contributed by atoms with van der Waals surface area (Å²) in [6.45, 7) is 14.8. The summed E-state index contributed by atoms with van der Waals surface area (Å²) in [5.74, 6) is 0. The summed E-state index contributed by atoms with van der Waals surface area (Å²) in [5, 5.41) is 0. The maximum Gasteiger partial charge on any atom is -0.0262 e. The molecule has 0 N–H and O–H groups in total. The average molecular weight is 158 g/mol. The first-order chi connectivity index (χ1) is 5.72. The largest absolute Gasteiger partial charge is 0.0991 e. The van der Waals surface area contributed by atoms with Crippen molar-refractivity contribution in [2.75, 3.05) is 0 Å². The molecule has 0 amide bonds. The van der Waals surface area contributed by atoms with Gasteiger partial charge in [0, 0.05) is 0 Å². The molecule has 0 heteroatoms. The first-order valence-electron chi connectivity index (χ1n) is 3.68. The second-order valence-electron chi connectivity index (χ2n) is 2.24. The molecule has 0 aromatic heterocycles. The molecule has 0 unspecified atom stereocenters. The fourth-order valence-electron chi connectivity index (χ4n) is 0.582. The topological polar surface area (TPSA) is 0 Å². The van der Waals surface area contributed by atoms with E-state index < -0.39 is 0 Å². The second kappa shape index (κ2) is 6.17. The molecule has 0 aliphatic heterocycles. The Balaban J connectivity index is 4.20. The van der Waals surface area contributed by atoms with Crippen LogP contribution in [0.4, 0.5) is 0 Å². The molecule has 0 aliphatic carbocycles. The summed E-state index contributed by atoms with van der Waals surface area (Å²) in [5.41, 5.74) is 1.76. The second-order valence-corrected chi connectivity index (χ2v) is 2.24. The minimum absolute atomic E-state index is 0.882. The Bertz CT molecular complexity index is 221. The van der Waals surface area contributed by atoms with E-state index in [1.807, 2.05) is 24.3 Å². The Hall–Kier alpha value is -1.56. The summed E-state index contributed by atoms with van der Waals surface area (Å²) in [7, 11) is 0. The molecular weight excluding hydrogens is 144 g/mol. The normalized spacial score (nSPS) is 10.3. The highest BCUT2D eigenvalue weighted by Crippen LogP contribution is 2.07. The van der Waals surface area contributed by atoms with Gasteiger partial charge in [0.15, 0.2) is 0 Å². The van der Waals surface area contributed by atoms with Crippen molar-refractivity contribution in [1.82, 2.24) is 0 Å². The van der Waals surface area contributed by atoms with Crippen LogP contribution >= 0.6 is 0 Å². The van der Waals surface area contributed by atoms with Crippen LogP contribution in [0.15, 0.2) is 73.9 Å². The van der Waals surface area contributed by atoms with E-state index in [1.165, 1.54) is 0 Å². The van der Waals surface area contributed by atoms with Crippen molar-refractivity contribution in [3.05, 3.63) is 73.9 Å². The first kappa shape index (κ1) is 10.4. The van der Waals surface area contributed by atoms with Gasteiger partial charge < -0.3 is 0 Å². The summed E-state index contributed by atoms with van der Waals surface area (Å²) in [6.07, 6.45) is 10.8. The molecule has 0 atom stereocenters. The molecule has 0 nitrogen and oxygen atoms in total. The fraction of sp³-hybridized carbons (Fsp3) is 0. The van der Waals surface area contributed by atoms with E-state index in [9.17, 15) is 0 Å². The number of hydrogen-bond donors (Lipinski definition) is 0. The molecule has 62 valence electrons. The third-order valence-corrected chi connectivity index (χ3v) is 1.28. The van der Waals surface area contributed by atoms with Gasteiger partial charge >= 0.3 is 0 Å². The maximum atomic E-state index is 3.83. The van der Waals surface area contributed by atoms with Crippen LogP contribution in [-0.4, -0.2) is 0 Å². The molecule has 0 fully saturated rings. The van der Waals surface area contributed by atoms with E-state index in [4.69, 9.17) is 0 Å². The molecule has 0 aromatic carbocycles. The van der Waals surface area contributed by atoms with Crippen molar-refractivity contribution in [3.8, 4) is 0 Å². The molecule has 0 rings (SSSR count). The van der Waals surface area contributed by atoms with Gasteiger partial charge in [0.25, 0.3) is 0 Å². The molecule has 0 spiro atoms. The van der Waals surface area contributed by atoms with Crippen LogP contribution < -0.4 is 0 Å². The smallest absolute Gasteiger partial charge is 0.0262 e. The van der Waals surface area contributed by atoms with Crippen molar-refractivity contribution < 1.29 is 0 Å². The van der Waals surface area contributed by atoms with Crippen LogP contribution in [0.3, 0.4) is 0 Å². The predicted octanol–water partition coefficient (Wildman–Crippen LogP) is 3.58. The van der Waals surface area contributed by atoms with Crippen LogP contribution in [0.1, 0.15) is 0 Å². The third kappa shape index (κ3) is 4.29. The van der Waals surface area contributed by atoms with Crippen molar-refractivity contribution >= 4 is 0 Å². The van der Waals surface area contributed by atoms with E-state index in [2.05, 4.69) is 26.3 Å². The SMILES string of the molecule is C=CC=CC(=C)C(=C)C=CC=C. The van der Waals surface area contributed by atoms with E-state index in [0.29, 0.717) is 0 Å². The van der Waals surface area contributed by atoms with E-state index >= 15 is 0 Å². The van der Waals surface area contributed by atoms with Gasteiger partial charge in [-0.3, -0.25) is 0 Å². The van der Waals surface area contributed by atoms with Crippen LogP contribution in [0.5, 0.6) is 0 Å². The van der Waals surface area contributed by atoms with E-state index in [1.54, 1.807) is 12.2 Å². The van der Waals surface area contributed by atoms with E-state index in [0.717, 1.165) is 11.1 Å². The zero-order valence-electron chi connectivity index (χ0n) is 7.29. The van der Waals surface area contributed by atoms with Gasteiger partial charge in [-0.2, -0.15) is 0 Å². The third-order valence-electron chi connectivity index (χ3n) is 1.28. The molecule has 12 heavy (non-hydrogen) atoms.